The first-order valence-electron chi connectivity index (χ1n) is 12.4. The SMILES string of the molecule is CC1=N/C(=C2\CN(C(=O)c3ccc(F)cc3O[C@H]3C[C@H]4CC[C@@H](C3)N4CCCO)CC2=N)NC=C1Cl. The Morgan fingerprint density at radius 2 is 2.06 bits per heavy atom. The molecule has 0 saturated carbocycles. The van der Waals surface area contributed by atoms with Gasteiger partial charge in [0, 0.05) is 43.1 Å². The van der Waals surface area contributed by atoms with E-state index < -0.39 is 5.82 Å². The second-order valence-corrected chi connectivity index (χ2v) is 10.3. The summed E-state index contributed by atoms with van der Waals surface area (Å²) in [6.07, 6.45) is 6.09. The summed E-state index contributed by atoms with van der Waals surface area (Å²) in [5, 5.41) is 21.1. The molecule has 10 heteroatoms. The van der Waals surface area contributed by atoms with Crippen LogP contribution >= 0.6 is 11.6 Å². The summed E-state index contributed by atoms with van der Waals surface area (Å²) in [4.78, 5) is 21.9. The number of rotatable bonds is 6. The summed E-state index contributed by atoms with van der Waals surface area (Å²) in [5.41, 5.74) is 1.86. The molecule has 1 amide bonds. The topological polar surface area (TPSA) is 101 Å². The van der Waals surface area contributed by atoms with Crippen molar-refractivity contribution in [1.82, 2.24) is 15.1 Å². The van der Waals surface area contributed by atoms with E-state index in [2.05, 4.69) is 15.2 Å². The molecule has 0 spiro atoms. The molecule has 4 heterocycles. The highest BCUT2D eigenvalue weighted by molar-refractivity contribution is 6.43. The normalized spacial score (nSPS) is 28.2. The lowest BCUT2D eigenvalue weighted by molar-refractivity contribution is 0.0447. The van der Waals surface area contributed by atoms with Crippen LogP contribution in [0.4, 0.5) is 4.39 Å². The number of aliphatic hydroxyl groups is 1. The highest BCUT2D eigenvalue weighted by Crippen LogP contribution is 2.38. The summed E-state index contributed by atoms with van der Waals surface area (Å²) < 4.78 is 20.5. The molecule has 2 bridgehead atoms. The van der Waals surface area contributed by atoms with Crippen molar-refractivity contribution >= 4 is 28.9 Å². The fraction of sp³-hybridized carbons (Fsp3) is 0.500. The van der Waals surface area contributed by atoms with Crippen molar-refractivity contribution < 1.29 is 19.0 Å². The van der Waals surface area contributed by atoms with Crippen molar-refractivity contribution in [3.8, 4) is 5.75 Å². The Bertz CT molecular complexity index is 1150. The Hall–Kier alpha value is -2.75. The van der Waals surface area contributed by atoms with Gasteiger partial charge in [0.1, 0.15) is 23.5 Å². The average molecular weight is 516 g/mol. The van der Waals surface area contributed by atoms with Gasteiger partial charge in [0.25, 0.3) is 5.91 Å². The number of halogens is 2. The van der Waals surface area contributed by atoms with Crippen LogP contribution in [-0.2, 0) is 0 Å². The molecule has 0 radical (unpaired) electrons. The van der Waals surface area contributed by atoms with Crippen LogP contribution < -0.4 is 10.1 Å². The molecule has 3 saturated heterocycles. The molecule has 3 atom stereocenters. The van der Waals surface area contributed by atoms with Gasteiger partial charge in [-0.15, -0.1) is 0 Å². The lowest BCUT2D eigenvalue weighted by Gasteiger charge is -2.39. The maximum Gasteiger partial charge on any atom is 0.258 e. The zero-order chi connectivity index (χ0) is 25.4. The quantitative estimate of drug-likeness (QED) is 0.539. The number of carbonyl (C=O) groups excluding carboxylic acids is 1. The first kappa shape index (κ1) is 24.9. The van der Waals surface area contributed by atoms with Crippen LogP contribution in [-0.4, -0.2) is 76.7 Å². The van der Waals surface area contributed by atoms with E-state index >= 15 is 0 Å². The van der Waals surface area contributed by atoms with Gasteiger partial charge < -0.3 is 25.5 Å². The van der Waals surface area contributed by atoms with E-state index in [0.717, 1.165) is 38.6 Å². The molecule has 8 nitrogen and oxygen atoms in total. The molecule has 1 aromatic rings. The number of ether oxygens (including phenoxy) is 1. The summed E-state index contributed by atoms with van der Waals surface area (Å²) in [5.74, 6) is -0.00280. The van der Waals surface area contributed by atoms with Crippen LogP contribution in [0.25, 0.3) is 0 Å². The van der Waals surface area contributed by atoms with Crippen molar-refractivity contribution in [1.29, 1.82) is 5.41 Å². The standard InChI is InChI=1S/C26H31ClFN5O3/c1-15-22(27)12-30-25(31-15)21-13-32(14-23(21)29)26(35)20-6-3-16(28)9-24(20)36-19-10-17-4-5-18(11-19)33(17)7-2-8-34/h3,6,9,12,17-19,29-30,34H,2,4-5,7-8,10-11,13-14H2,1H3/b25-21+,29-23?/t17-,18+,19+. The van der Waals surface area contributed by atoms with Crippen LogP contribution in [0.2, 0.25) is 0 Å². The second-order valence-electron chi connectivity index (χ2n) is 9.85. The van der Waals surface area contributed by atoms with Crippen molar-refractivity contribution in [2.75, 3.05) is 26.2 Å². The number of carbonyl (C=O) groups is 1. The number of likely N-dealkylation sites (tertiary alicyclic amines) is 1. The highest BCUT2D eigenvalue weighted by Gasteiger charge is 2.41. The van der Waals surface area contributed by atoms with Gasteiger partial charge in [0.15, 0.2) is 0 Å². The number of allylic oxidation sites excluding steroid dienone is 1. The number of amides is 1. The molecule has 4 aliphatic rings. The summed E-state index contributed by atoms with van der Waals surface area (Å²) in [6.45, 7) is 3.19. The first-order chi connectivity index (χ1) is 17.3. The smallest absolute Gasteiger partial charge is 0.258 e. The molecule has 0 unspecified atom stereocenters. The fourth-order valence-electron chi connectivity index (χ4n) is 5.69. The summed E-state index contributed by atoms with van der Waals surface area (Å²) in [6, 6.07) is 4.80. The van der Waals surface area contributed by atoms with Gasteiger partial charge >= 0.3 is 0 Å². The minimum Gasteiger partial charge on any atom is -0.489 e. The minimum absolute atomic E-state index is 0.101. The number of aliphatic hydroxyl groups excluding tert-OH is 1. The number of nitrogens with one attached hydrogen (secondary N) is 2. The van der Waals surface area contributed by atoms with Gasteiger partial charge in [-0.25, -0.2) is 9.38 Å². The molecule has 1 aromatic carbocycles. The number of hydrogen-bond donors (Lipinski definition) is 3. The molecule has 192 valence electrons. The van der Waals surface area contributed by atoms with Gasteiger partial charge in [-0.2, -0.15) is 0 Å². The Morgan fingerprint density at radius 1 is 1.31 bits per heavy atom. The summed E-state index contributed by atoms with van der Waals surface area (Å²) in [7, 11) is 0. The Labute approximate surface area is 215 Å². The predicted molar refractivity (Wildman–Crippen MR) is 136 cm³/mol. The van der Waals surface area contributed by atoms with Crippen molar-refractivity contribution in [3.05, 3.63) is 52.2 Å². The number of aliphatic imine (C=N–C) groups is 1. The molecular weight excluding hydrogens is 485 g/mol. The van der Waals surface area contributed by atoms with E-state index in [1.54, 1.807) is 18.0 Å². The van der Waals surface area contributed by atoms with Crippen LogP contribution in [0, 0.1) is 11.2 Å². The average Bonchev–Trinajstić information content (AvgIpc) is 3.35. The number of piperidine rings is 1. The fourth-order valence-corrected chi connectivity index (χ4v) is 5.79. The number of benzene rings is 1. The maximum absolute atomic E-state index is 14.2. The van der Waals surface area contributed by atoms with E-state index in [0.29, 0.717) is 45.5 Å². The van der Waals surface area contributed by atoms with Crippen molar-refractivity contribution in [2.45, 2.75) is 57.2 Å². The number of fused-ring (bicyclic) bond motifs is 2. The van der Waals surface area contributed by atoms with Gasteiger partial charge in [-0.1, -0.05) is 11.6 Å². The largest absolute Gasteiger partial charge is 0.489 e. The third-order valence-electron chi connectivity index (χ3n) is 7.48. The molecule has 0 aromatic heterocycles. The molecule has 3 N–H and O–H groups in total. The van der Waals surface area contributed by atoms with Crippen molar-refractivity contribution in [3.63, 3.8) is 0 Å². The Kier molecular flexibility index (Phi) is 7.14. The van der Waals surface area contributed by atoms with E-state index in [1.165, 1.54) is 18.2 Å². The summed E-state index contributed by atoms with van der Waals surface area (Å²) >= 11 is 6.07. The third-order valence-corrected chi connectivity index (χ3v) is 7.86. The lowest BCUT2D eigenvalue weighted by Crippen LogP contribution is -2.46. The molecule has 0 aliphatic carbocycles. The van der Waals surface area contributed by atoms with Crippen LogP contribution in [0.5, 0.6) is 5.75 Å². The maximum atomic E-state index is 14.2. The predicted octanol–water partition coefficient (Wildman–Crippen LogP) is 3.41. The van der Waals surface area contributed by atoms with E-state index in [4.69, 9.17) is 21.7 Å². The van der Waals surface area contributed by atoms with Gasteiger partial charge in [0.2, 0.25) is 0 Å². The Balaban J connectivity index is 1.32. The highest BCUT2D eigenvalue weighted by atomic mass is 35.5. The number of hydrogen-bond acceptors (Lipinski definition) is 7. The van der Waals surface area contributed by atoms with E-state index in [9.17, 15) is 14.3 Å². The van der Waals surface area contributed by atoms with E-state index in [1.807, 2.05) is 0 Å². The molecular formula is C26H31ClFN5O3. The van der Waals surface area contributed by atoms with Gasteiger partial charge in [-0.05, 0) is 51.2 Å². The lowest BCUT2D eigenvalue weighted by atomic mass is 9.99. The zero-order valence-corrected chi connectivity index (χ0v) is 21.0. The van der Waals surface area contributed by atoms with Crippen LogP contribution in [0.1, 0.15) is 49.4 Å². The van der Waals surface area contributed by atoms with Gasteiger partial charge in [-0.3, -0.25) is 9.69 Å². The van der Waals surface area contributed by atoms with Crippen LogP contribution in [0.15, 0.2) is 45.8 Å². The monoisotopic (exact) mass is 515 g/mol. The van der Waals surface area contributed by atoms with Crippen molar-refractivity contribution in [2.24, 2.45) is 4.99 Å². The first-order valence-corrected chi connectivity index (χ1v) is 12.8. The van der Waals surface area contributed by atoms with E-state index in [-0.39, 0.29) is 37.5 Å². The zero-order valence-electron chi connectivity index (χ0n) is 20.3. The number of nitrogens with zero attached hydrogens (tertiary/aromatic N) is 3. The molecule has 4 aliphatic heterocycles. The van der Waals surface area contributed by atoms with Crippen LogP contribution in [0.3, 0.4) is 0 Å². The third kappa shape index (κ3) is 4.92. The minimum atomic E-state index is -0.457. The molecule has 3 fully saturated rings. The molecule has 36 heavy (non-hydrogen) atoms. The second kappa shape index (κ2) is 10.3. The van der Waals surface area contributed by atoms with Gasteiger partial charge in [0.05, 0.1) is 35.1 Å². The Morgan fingerprint density at radius 3 is 2.75 bits per heavy atom. The molecule has 5 rings (SSSR count).